The van der Waals surface area contributed by atoms with Gasteiger partial charge in [0.05, 0.1) is 26.4 Å². The van der Waals surface area contributed by atoms with E-state index in [1.807, 2.05) is 25.1 Å². The number of halogens is 3. The third-order valence-electron chi connectivity index (χ3n) is 2.45. The van der Waals surface area contributed by atoms with Crippen LogP contribution < -0.4 is 11.1 Å². The first-order valence-electron chi connectivity index (χ1n) is 5.25. The molecule has 0 fully saturated rings. The predicted octanol–water partition coefficient (Wildman–Crippen LogP) is 5.28. The molecule has 0 spiro atoms. The molecule has 0 aliphatic rings. The van der Waals surface area contributed by atoms with E-state index in [0.29, 0.717) is 26.4 Å². The Bertz CT molecular complexity index is 574. The van der Waals surface area contributed by atoms with Crippen LogP contribution in [0, 0.1) is 6.92 Å². The van der Waals surface area contributed by atoms with Crippen LogP contribution >= 0.6 is 34.8 Å². The molecule has 2 aromatic rings. The molecule has 2 rings (SSSR count). The van der Waals surface area contributed by atoms with Gasteiger partial charge in [0.1, 0.15) is 0 Å². The lowest BCUT2D eigenvalue weighted by molar-refractivity contribution is 1.45. The summed E-state index contributed by atoms with van der Waals surface area (Å²) in [6.07, 6.45) is 0. The number of nitrogen functional groups attached to an aromatic ring is 1. The van der Waals surface area contributed by atoms with E-state index in [1.54, 1.807) is 12.1 Å². The average molecular weight is 302 g/mol. The first-order valence-corrected chi connectivity index (χ1v) is 6.38. The SMILES string of the molecule is Cc1ccc(Cl)c(Nc2c(Cl)cc(N)cc2Cl)c1. The molecule has 0 radical (unpaired) electrons. The summed E-state index contributed by atoms with van der Waals surface area (Å²) in [6, 6.07) is 8.95. The molecular formula is C13H11Cl3N2. The summed E-state index contributed by atoms with van der Waals surface area (Å²) in [7, 11) is 0. The van der Waals surface area contributed by atoms with Crippen molar-refractivity contribution in [3.63, 3.8) is 0 Å². The van der Waals surface area contributed by atoms with E-state index in [1.165, 1.54) is 0 Å². The van der Waals surface area contributed by atoms with Gasteiger partial charge in [0, 0.05) is 5.69 Å². The number of anilines is 3. The van der Waals surface area contributed by atoms with E-state index in [9.17, 15) is 0 Å². The molecule has 5 heteroatoms. The summed E-state index contributed by atoms with van der Waals surface area (Å²) in [6.45, 7) is 1.98. The van der Waals surface area contributed by atoms with Crippen LogP contribution in [0.15, 0.2) is 30.3 Å². The van der Waals surface area contributed by atoms with Crippen LogP contribution in [0.3, 0.4) is 0 Å². The second-order valence-electron chi connectivity index (χ2n) is 3.97. The lowest BCUT2D eigenvalue weighted by Gasteiger charge is -2.13. The third-order valence-corrected chi connectivity index (χ3v) is 3.37. The third kappa shape index (κ3) is 2.83. The first-order chi connectivity index (χ1) is 8.47. The van der Waals surface area contributed by atoms with Crippen LogP contribution in [0.1, 0.15) is 5.56 Å². The fourth-order valence-corrected chi connectivity index (χ4v) is 2.34. The Morgan fingerprint density at radius 2 is 1.56 bits per heavy atom. The minimum absolute atomic E-state index is 0.456. The number of aryl methyl sites for hydroxylation is 1. The van der Waals surface area contributed by atoms with Crippen molar-refractivity contribution in [1.29, 1.82) is 0 Å². The molecule has 2 nitrogen and oxygen atoms in total. The Balaban J connectivity index is 2.43. The van der Waals surface area contributed by atoms with Crippen molar-refractivity contribution in [2.45, 2.75) is 6.92 Å². The van der Waals surface area contributed by atoms with E-state index >= 15 is 0 Å². The van der Waals surface area contributed by atoms with Crippen molar-refractivity contribution in [2.24, 2.45) is 0 Å². The minimum atomic E-state index is 0.456. The van der Waals surface area contributed by atoms with Crippen LogP contribution in [0.2, 0.25) is 15.1 Å². The quantitative estimate of drug-likeness (QED) is 0.740. The molecule has 94 valence electrons. The van der Waals surface area contributed by atoms with Gasteiger partial charge in [-0.15, -0.1) is 0 Å². The van der Waals surface area contributed by atoms with E-state index < -0.39 is 0 Å². The molecule has 2 aromatic carbocycles. The molecule has 0 amide bonds. The number of nitrogens with two attached hydrogens (primary N) is 1. The average Bonchev–Trinajstić information content (AvgIpc) is 2.28. The monoisotopic (exact) mass is 300 g/mol. The number of benzene rings is 2. The van der Waals surface area contributed by atoms with Gasteiger partial charge < -0.3 is 11.1 Å². The Labute approximate surface area is 121 Å². The van der Waals surface area contributed by atoms with Crippen molar-refractivity contribution in [2.75, 3.05) is 11.1 Å². The van der Waals surface area contributed by atoms with Crippen LogP contribution in [-0.4, -0.2) is 0 Å². The number of rotatable bonds is 2. The summed E-state index contributed by atoms with van der Waals surface area (Å²) < 4.78 is 0. The smallest absolute Gasteiger partial charge is 0.0764 e. The molecule has 0 bridgehead atoms. The standard InChI is InChI=1S/C13H11Cl3N2/c1-7-2-3-9(14)12(4-7)18-13-10(15)5-8(17)6-11(13)16/h2-6,18H,17H2,1H3. The summed E-state index contributed by atoms with van der Waals surface area (Å²) in [4.78, 5) is 0. The summed E-state index contributed by atoms with van der Waals surface area (Å²) in [5, 5.41) is 4.64. The normalized spacial score (nSPS) is 10.4. The zero-order valence-electron chi connectivity index (χ0n) is 9.60. The van der Waals surface area contributed by atoms with E-state index in [2.05, 4.69) is 5.32 Å². The van der Waals surface area contributed by atoms with Gasteiger partial charge in [-0.05, 0) is 36.8 Å². The highest BCUT2D eigenvalue weighted by molar-refractivity contribution is 6.40. The molecule has 0 saturated heterocycles. The van der Waals surface area contributed by atoms with Crippen molar-refractivity contribution >= 4 is 51.9 Å². The zero-order chi connectivity index (χ0) is 13.3. The zero-order valence-corrected chi connectivity index (χ0v) is 11.9. The molecule has 0 saturated carbocycles. The number of hydrogen-bond acceptors (Lipinski definition) is 2. The van der Waals surface area contributed by atoms with Gasteiger partial charge in [-0.3, -0.25) is 0 Å². The van der Waals surface area contributed by atoms with E-state index in [0.717, 1.165) is 11.3 Å². The summed E-state index contributed by atoms with van der Waals surface area (Å²) in [5.74, 6) is 0. The molecule has 18 heavy (non-hydrogen) atoms. The molecular weight excluding hydrogens is 291 g/mol. The maximum atomic E-state index is 6.11. The number of nitrogens with one attached hydrogen (secondary N) is 1. The van der Waals surface area contributed by atoms with Gasteiger partial charge in [-0.25, -0.2) is 0 Å². The summed E-state index contributed by atoms with van der Waals surface area (Å²) >= 11 is 18.3. The highest BCUT2D eigenvalue weighted by Gasteiger charge is 2.09. The Morgan fingerprint density at radius 3 is 2.17 bits per heavy atom. The Kier molecular flexibility index (Phi) is 3.91. The molecule has 0 aliphatic heterocycles. The van der Waals surface area contributed by atoms with Crippen molar-refractivity contribution in [3.05, 3.63) is 51.0 Å². The molecule has 0 aliphatic carbocycles. The maximum absolute atomic E-state index is 6.11. The van der Waals surface area contributed by atoms with Gasteiger partial charge in [-0.2, -0.15) is 0 Å². The van der Waals surface area contributed by atoms with Crippen molar-refractivity contribution in [1.82, 2.24) is 0 Å². The Morgan fingerprint density at radius 1 is 0.944 bits per heavy atom. The molecule has 3 N–H and O–H groups in total. The summed E-state index contributed by atoms with van der Waals surface area (Å²) in [5.41, 5.74) is 8.61. The second-order valence-corrected chi connectivity index (χ2v) is 5.19. The predicted molar refractivity (Wildman–Crippen MR) is 80.3 cm³/mol. The molecule has 0 aromatic heterocycles. The van der Waals surface area contributed by atoms with Crippen LogP contribution in [0.25, 0.3) is 0 Å². The number of hydrogen-bond donors (Lipinski definition) is 2. The highest BCUT2D eigenvalue weighted by Crippen LogP contribution is 2.36. The lowest BCUT2D eigenvalue weighted by Crippen LogP contribution is -1.95. The first kappa shape index (κ1) is 13.3. The van der Waals surface area contributed by atoms with Crippen molar-refractivity contribution < 1.29 is 0 Å². The Hall–Kier alpha value is -1.09. The molecule has 0 unspecified atom stereocenters. The minimum Gasteiger partial charge on any atom is -0.399 e. The lowest BCUT2D eigenvalue weighted by atomic mass is 10.2. The fourth-order valence-electron chi connectivity index (χ4n) is 1.58. The largest absolute Gasteiger partial charge is 0.399 e. The van der Waals surface area contributed by atoms with Gasteiger partial charge >= 0.3 is 0 Å². The fraction of sp³-hybridized carbons (Fsp3) is 0.0769. The van der Waals surface area contributed by atoms with Crippen LogP contribution in [0.4, 0.5) is 17.1 Å². The van der Waals surface area contributed by atoms with Crippen LogP contribution in [0.5, 0.6) is 0 Å². The van der Waals surface area contributed by atoms with Gasteiger partial charge in [0.2, 0.25) is 0 Å². The van der Waals surface area contributed by atoms with Crippen LogP contribution in [-0.2, 0) is 0 Å². The van der Waals surface area contributed by atoms with Gasteiger partial charge in [0.25, 0.3) is 0 Å². The second kappa shape index (κ2) is 5.27. The van der Waals surface area contributed by atoms with Crippen molar-refractivity contribution in [3.8, 4) is 0 Å². The molecule has 0 heterocycles. The van der Waals surface area contributed by atoms with Gasteiger partial charge in [0.15, 0.2) is 0 Å². The molecule has 0 atom stereocenters. The topological polar surface area (TPSA) is 38.0 Å². The van der Waals surface area contributed by atoms with E-state index in [-0.39, 0.29) is 0 Å². The van der Waals surface area contributed by atoms with Gasteiger partial charge in [-0.1, -0.05) is 40.9 Å². The highest BCUT2D eigenvalue weighted by atomic mass is 35.5. The van der Waals surface area contributed by atoms with E-state index in [4.69, 9.17) is 40.5 Å². The maximum Gasteiger partial charge on any atom is 0.0764 e.